The normalized spacial score (nSPS) is 12.6. The van der Waals surface area contributed by atoms with Crippen LogP contribution in [0.4, 0.5) is 0 Å². The van der Waals surface area contributed by atoms with Gasteiger partial charge in [-0.3, -0.25) is 9.67 Å². The maximum absolute atomic E-state index is 4.20. The summed E-state index contributed by atoms with van der Waals surface area (Å²) >= 11 is 0. The first kappa shape index (κ1) is 12.8. The second-order valence-corrected chi connectivity index (χ2v) is 4.63. The van der Waals surface area contributed by atoms with Gasteiger partial charge in [-0.15, -0.1) is 0 Å². The number of nitrogens with zero attached hydrogens (tertiary/aromatic N) is 3. The van der Waals surface area contributed by atoms with Gasteiger partial charge in [-0.25, -0.2) is 0 Å². The Morgan fingerprint density at radius 3 is 2.83 bits per heavy atom. The summed E-state index contributed by atoms with van der Waals surface area (Å²) in [6.45, 7) is 2.11. The van der Waals surface area contributed by atoms with Crippen molar-refractivity contribution in [1.82, 2.24) is 20.1 Å². The molecule has 1 atom stereocenters. The molecule has 2 rings (SSSR count). The molecule has 0 spiro atoms. The van der Waals surface area contributed by atoms with Gasteiger partial charge in [-0.05, 0) is 49.6 Å². The molecule has 0 aliphatic heterocycles. The van der Waals surface area contributed by atoms with Gasteiger partial charge < -0.3 is 5.32 Å². The Kier molecular flexibility index (Phi) is 4.10. The van der Waals surface area contributed by atoms with E-state index in [9.17, 15) is 0 Å². The summed E-state index contributed by atoms with van der Waals surface area (Å²) in [6.07, 6.45) is 9.88. The first-order valence-electron chi connectivity index (χ1n) is 6.26. The average Bonchev–Trinajstić information content (AvgIpc) is 2.78. The van der Waals surface area contributed by atoms with Crippen molar-refractivity contribution in [3.05, 3.63) is 47.5 Å². The number of hydrogen-bond acceptors (Lipinski definition) is 3. The number of aryl methyl sites for hydroxylation is 3. The zero-order valence-corrected chi connectivity index (χ0v) is 11.2. The summed E-state index contributed by atoms with van der Waals surface area (Å²) in [5.74, 6) is 0. The molecule has 0 amide bonds. The van der Waals surface area contributed by atoms with Gasteiger partial charge in [0.2, 0.25) is 0 Å². The Morgan fingerprint density at radius 1 is 1.39 bits per heavy atom. The number of aromatic nitrogens is 3. The molecule has 2 aromatic heterocycles. The van der Waals surface area contributed by atoms with E-state index in [4.69, 9.17) is 0 Å². The standard InChI is InChI=1S/C14H20N4/c1-11-8-16-7-6-13(11)14(15-2)5-4-12-9-17-18(3)10-12/h6-10,14-15H,4-5H2,1-3H3. The van der Waals surface area contributed by atoms with Crippen LogP contribution in [0.2, 0.25) is 0 Å². The third-order valence-corrected chi connectivity index (χ3v) is 3.27. The Morgan fingerprint density at radius 2 is 2.22 bits per heavy atom. The molecule has 96 valence electrons. The van der Waals surface area contributed by atoms with Crippen molar-refractivity contribution in [2.24, 2.45) is 7.05 Å². The smallest absolute Gasteiger partial charge is 0.0521 e. The molecule has 4 heteroatoms. The second kappa shape index (κ2) is 5.78. The highest BCUT2D eigenvalue weighted by atomic mass is 15.2. The van der Waals surface area contributed by atoms with Crippen molar-refractivity contribution in [3.63, 3.8) is 0 Å². The predicted octanol–water partition coefficient (Wildman–Crippen LogP) is 2.02. The van der Waals surface area contributed by atoms with Gasteiger partial charge >= 0.3 is 0 Å². The van der Waals surface area contributed by atoms with Gasteiger partial charge in [-0.1, -0.05) is 0 Å². The first-order valence-corrected chi connectivity index (χ1v) is 6.26. The third kappa shape index (κ3) is 2.96. The largest absolute Gasteiger partial charge is 0.313 e. The fourth-order valence-electron chi connectivity index (χ4n) is 2.24. The van der Waals surface area contributed by atoms with Crippen molar-refractivity contribution in [1.29, 1.82) is 0 Å². The van der Waals surface area contributed by atoms with E-state index >= 15 is 0 Å². The number of nitrogens with one attached hydrogen (secondary N) is 1. The average molecular weight is 244 g/mol. The zero-order valence-electron chi connectivity index (χ0n) is 11.2. The van der Waals surface area contributed by atoms with Crippen LogP contribution < -0.4 is 5.32 Å². The SMILES string of the molecule is CNC(CCc1cnn(C)c1)c1ccncc1C. The van der Waals surface area contributed by atoms with E-state index in [1.807, 2.05) is 37.4 Å². The zero-order chi connectivity index (χ0) is 13.0. The molecule has 4 nitrogen and oxygen atoms in total. The van der Waals surface area contributed by atoms with Crippen LogP contribution >= 0.6 is 0 Å². The molecule has 0 aliphatic rings. The van der Waals surface area contributed by atoms with Gasteiger partial charge in [0.05, 0.1) is 6.20 Å². The lowest BCUT2D eigenvalue weighted by atomic mass is 9.98. The maximum atomic E-state index is 4.20. The maximum Gasteiger partial charge on any atom is 0.0521 e. The molecule has 0 aliphatic carbocycles. The van der Waals surface area contributed by atoms with Crippen LogP contribution in [0, 0.1) is 6.92 Å². The van der Waals surface area contributed by atoms with Gasteiger partial charge in [0, 0.05) is 31.7 Å². The molecule has 2 heterocycles. The third-order valence-electron chi connectivity index (χ3n) is 3.27. The van der Waals surface area contributed by atoms with Gasteiger partial charge in [0.15, 0.2) is 0 Å². The van der Waals surface area contributed by atoms with Gasteiger partial charge in [-0.2, -0.15) is 5.10 Å². The Labute approximate surface area is 108 Å². The van der Waals surface area contributed by atoms with Crippen LogP contribution in [0.1, 0.15) is 29.2 Å². The first-order chi connectivity index (χ1) is 8.70. The summed E-state index contributed by atoms with van der Waals surface area (Å²) < 4.78 is 1.85. The molecule has 2 aromatic rings. The summed E-state index contributed by atoms with van der Waals surface area (Å²) in [7, 11) is 3.96. The monoisotopic (exact) mass is 244 g/mol. The molecule has 1 N–H and O–H groups in total. The Balaban J connectivity index is 2.04. The lowest BCUT2D eigenvalue weighted by Gasteiger charge is -2.18. The molecule has 0 aromatic carbocycles. The van der Waals surface area contributed by atoms with E-state index in [1.54, 1.807) is 0 Å². The van der Waals surface area contributed by atoms with E-state index in [-0.39, 0.29) is 0 Å². The highest BCUT2D eigenvalue weighted by Gasteiger charge is 2.11. The lowest BCUT2D eigenvalue weighted by molar-refractivity contribution is 0.546. The van der Waals surface area contributed by atoms with E-state index in [0.29, 0.717) is 6.04 Å². The van der Waals surface area contributed by atoms with Crippen LogP contribution in [-0.4, -0.2) is 21.8 Å². The van der Waals surface area contributed by atoms with Crippen LogP contribution in [0.15, 0.2) is 30.9 Å². The molecule has 0 fully saturated rings. The molecular formula is C14H20N4. The Hall–Kier alpha value is -1.68. The second-order valence-electron chi connectivity index (χ2n) is 4.63. The molecule has 0 saturated carbocycles. The van der Waals surface area contributed by atoms with Crippen molar-refractivity contribution < 1.29 is 0 Å². The summed E-state index contributed by atoms with van der Waals surface area (Å²) in [5.41, 5.74) is 3.85. The van der Waals surface area contributed by atoms with Crippen molar-refractivity contribution in [2.45, 2.75) is 25.8 Å². The summed E-state index contributed by atoms with van der Waals surface area (Å²) in [5, 5.41) is 7.58. The van der Waals surface area contributed by atoms with Crippen LogP contribution in [0.5, 0.6) is 0 Å². The van der Waals surface area contributed by atoms with E-state index in [2.05, 4.69) is 34.6 Å². The van der Waals surface area contributed by atoms with Crippen LogP contribution in [0.3, 0.4) is 0 Å². The summed E-state index contributed by atoms with van der Waals surface area (Å²) in [6, 6.07) is 2.47. The molecule has 0 bridgehead atoms. The quantitative estimate of drug-likeness (QED) is 0.875. The predicted molar refractivity (Wildman–Crippen MR) is 72.3 cm³/mol. The molecule has 1 unspecified atom stereocenters. The fraction of sp³-hybridized carbons (Fsp3) is 0.429. The van der Waals surface area contributed by atoms with E-state index in [0.717, 1.165) is 12.8 Å². The number of hydrogen-bond donors (Lipinski definition) is 1. The van der Waals surface area contributed by atoms with Crippen molar-refractivity contribution >= 4 is 0 Å². The minimum atomic E-state index is 0.369. The minimum absolute atomic E-state index is 0.369. The summed E-state index contributed by atoms with van der Waals surface area (Å²) in [4.78, 5) is 4.14. The lowest BCUT2D eigenvalue weighted by Crippen LogP contribution is -2.18. The minimum Gasteiger partial charge on any atom is -0.313 e. The van der Waals surface area contributed by atoms with Crippen LogP contribution in [0.25, 0.3) is 0 Å². The van der Waals surface area contributed by atoms with Crippen molar-refractivity contribution in [2.75, 3.05) is 7.05 Å². The fourth-order valence-corrected chi connectivity index (χ4v) is 2.24. The van der Waals surface area contributed by atoms with E-state index in [1.165, 1.54) is 16.7 Å². The van der Waals surface area contributed by atoms with Gasteiger partial charge in [0.25, 0.3) is 0 Å². The topological polar surface area (TPSA) is 42.7 Å². The highest BCUT2D eigenvalue weighted by Crippen LogP contribution is 2.21. The van der Waals surface area contributed by atoms with Crippen molar-refractivity contribution in [3.8, 4) is 0 Å². The molecule has 18 heavy (non-hydrogen) atoms. The van der Waals surface area contributed by atoms with Crippen LogP contribution in [-0.2, 0) is 13.5 Å². The molecule has 0 radical (unpaired) electrons. The Bertz CT molecular complexity index is 504. The molecular weight excluding hydrogens is 224 g/mol. The number of rotatable bonds is 5. The van der Waals surface area contributed by atoms with E-state index < -0.39 is 0 Å². The highest BCUT2D eigenvalue weighted by molar-refractivity contribution is 5.25. The molecule has 0 saturated heterocycles. The number of pyridine rings is 1. The van der Waals surface area contributed by atoms with Gasteiger partial charge in [0.1, 0.15) is 0 Å².